The van der Waals surface area contributed by atoms with Gasteiger partial charge < -0.3 is 15.1 Å². The largest absolute Gasteiger partial charge is 0.390 e. The second-order valence-electron chi connectivity index (χ2n) is 8.31. The Labute approximate surface area is 195 Å². The van der Waals surface area contributed by atoms with Gasteiger partial charge in [-0.3, -0.25) is 0 Å². The summed E-state index contributed by atoms with van der Waals surface area (Å²) >= 11 is 0. The topological polar surface area (TPSA) is 53.9 Å². The van der Waals surface area contributed by atoms with Crippen LogP contribution < -0.4 is 5.32 Å². The predicted octanol–water partition coefficient (Wildman–Crippen LogP) is 5.95. The Balaban J connectivity index is 1.52. The van der Waals surface area contributed by atoms with E-state index in [2.05, 4.69) is 10.5 Å². The maximum Gasteiger partial charge on any atom is 0.322 e. The number of urea groups is 1. The number of hydrogen-bond acceptors (Lipinski definition) is 3. The van der Waals surface area contributed by atoms with Crippen molar-refractivity contribution in [2.75, 3.05) is 11.9 Å². The van der Waals surface area contributed by atoms with Gasteiger partial charge in [0.15, 0.2) is 6.10 Å². The molecule has 8 heteroatoms. The minimum absolute atomic E-state index is 0.0645. The number of aryl methyl sites for hydroxylation is 2. The second kappa shape index (κ2) is 9.99. The number of nitrogens with one attached hydrogen (secondary N) is 1. The quantitative estimate of drug-likeness (QED) is 0.487. The number of amides is 2. The highest BCUT2D eigenvalue weighted by Crippen LogP contribution is 2.22. The fourth-order valence-corrected chi connectivity index (χ4v) is 3.85. The van der Waals surface area contributed by atoms with Crippen LogP contribution in [0, 0.1) is 31.3 Å². The molecule has 1 aliphatic heterocycles. The molecule has 0 aliphatic carbocycles. The molecule has 0 saturated heterocycles. The minimum atomic E-state index is -0.750. The molecule has 0 saturated carbocycles. The van der Waals surface area contributed by atoms with Gasteiger partial charge in [0.1, 0.15) is 17.5 Å². The van der Waals surface area contributed by atoms with Crippen LogP contribution in [0.25, 0.3) is 0 Å². The molecule has 1 aliphatic rings. The lowest BCUT2D eigenvalue weighted by molar-refractivity contribution is 0.0606. The van der Waals surface area contributed by atoms with E-state index >= 15 is 0 Å². The lowest BCUT2D eigenvalue weighted by atomic mass is 10.0. The van der Waals surface area contributed by atoms with Crippen LogP contribution >= 0.6 is 0 Å². The average Bonchev–Trinajstić information content (AvgIpc) is 3.25. The minimum Gasteiger partial charge on any atom is -0.390 e. The Morgan fingerprint density at radius 2 is 1.85 bits per heavy atom. The van der Waals surface area contributed by atoms with Gasteiger partial charge in [0.25, 0.3) is 0 Å². The first-order chi connectivity index (χ1) is 16.3. The van der Waals surface area contributed by atoms with E-state index < -0.39 is 29.6 Å². The summed E-state index contributed by atoms with van der Waals surface area (Å²) in [6, 6.07) is 14.6. The lowest BCUT2D eigenvalue weighted by Crippen LogP contribution is -2.40. The smallest absolute Gasteiger partial charge is 0.322 e. The van der Waals surface area contributed by atoms with Crippen molar-refractivity contribution >= 4 is 17.4 Å². The zero-order valence-corrected chi connectivity index (χ0v) is 18.8. The van der Waals surface area contributed by atoms with Gasteiger partial charge in [0.2, 0.25) is 0 Å². The Hall–Kier alpha value is -3.81. The molecule has 176 valence electrons. The molecule has 2 amide bonds. The van der Waals surface area contributed by atoms with Gasteiger partial charge in [-0.25, -0.2) is 18.0 Å². The molecule has 34 heavy (non-hydrogen) atoms. The monoisotopic (exact) mass is 467 g/mol. The number of hydrogen-bond donors (Lipinski definition) is 1. The van der Waals surface area contributed by atoms with Crippen molar-refractivity contribution in [1.29, 1.82) is 0 Å². The Bertz CT molecular complexity index is 1250. The fraction of sp³-hybridized carbons (Fsp3) is 0.231. The van der Waals surface area contributed by atoms with Gasteiger partial charge in [-0.15, -0.1) is 0 Å². The zero-order chi connectivity index (χ0) is 24.2. The summed E-state index contributed by atoms with van der Waals surface area (Å²) in [7, 11) is 0. The number of carbonyl (C=O) groups is 1. The van der Waals surface area contributed by atoms with Crippen LogP contribution in [0.15, 0.2) is 65.8 Å². The summed E-state index contributed by atoms with van der Waals surface area (Å²) in [4.78, 5) is 20.0. The number of carbonyl (C=O) groups excluding carboxylic acids is 1. The summed E-state index contributed by atoms with van der Waals surface area (Å²) in [6.45, 7) is 3.78. The molecular weight excluding hydrogens is 443 g/mol. The van der Waals surface area contributed by atoms with Crippen LogP contribution in [0.3, 0.4) is 0 Å². The third-order valence-electron chi connectivity index (χ3n) is 5.63. The van der Waals surface area contributed by atoms with Crippen molar-refractivity contribution in [3.05, 3.63) is 100 Å². The molecule has 0 radical (unpaired) electrons. The van der Waals surface area contributed by atoms with Crippen molar-refractivity contribution < 1.29 is 22.8 Å². The highest BCUT2D eigenvalue weighted by Gasteiger charge is 2.28. The van der Waals surface area contributed by atoms with Gasteiger partial charge in [-0.2, -0.15) is 0 Å². The van der Waals surface area contributed by atoms with Crippen LogP contribution in [0.1, 0.15) is 28.7 Å². The zero-order valence-electron chi connectivity index (χ0n) is 18.8. The first-order valence-corrected chi connectivity index (χ1v) is 10.8. The van der Waals surface area contributed by atoms with Crippen LogP contribution in [0.4, 0.5) is 23.7 Å². The standard InChI is InChI=1S/C26H24F3N3O2/c1-16-7-10-24(17(2)11-16)30-26(33)32(14-18-8-9-19(27)12-23(18)29)15-20-13-25(31-34-20)21-5-3-4-6-22(21)28/h3-12,20H,13-15H2,1-2H3,(H,30,33). The molecule has 0 aromatic heterocycles. The summed E-state index contributed by atoms with van der Waals surface area (Å²) < 4.78 is 41.9. The molecule has 0 spiro atoms. The van der Waals surface area contributed by atoms with Crippen molar-refractivity contribution in [2.24, 2.45) is 5.16 Å². The molecule has 1 unspecified atom stereocenters. The number of nitrogens with zero attached hydrogens (tertiary/aromatic N) is 2. The first kappa shape index (κ1) is 23.4. The Morgan fingerprint density at radius 3 is 2.59 bits per heavy atom. The number of benzene rings is 3. The number of rotatable bonds is 6. The molecule has 1 N–H and O–H groups in total. The Morgan fingerprint density at radius 1 is 1.06 bits per heavy atom. The predicted molar refractivity (Wildman–Crippen MR) is 124 cm³/mol. The van der Waals surface area contributed by atoms with Crippen LogP contribution in [-0.4, -0.2) is 29.3 Å². The molecule has 4 rings (SSSR count). The van der Waals surface area contributed by atoms with Gasteiger partial charge >= 0.3 is 6.03 Å². The fourth-order valence-electron chi connectivity index (χ4n) is 3.85. The molecule has 0 fully saturated rings. The average molecular weight is 467 g/mol. The molecule has 1 atom stereocenters. The van der Waals surface area contributed by atoms with Gasteiger partial charge in [0, 0.05) is 29.3 Å². The normalized spacial score (nSPS) is 15.0. The molecule has 0 bridgehead atoms. The van der Waals surface area contributed by atoms with Gasteiger partial charge in [-0.05, 0) is 37.6 Å². The molecule has 3 aromatic rings. The van der Waals surface area contributed by atoms with Crippen LogP contribution in [0.2, 0.25) is 0 Å². The Kier molecular flexibility index (Phi) is 6.86. The summed E-state index contributed by atoms with van der Waals surface area (Å²) in [5.41, 5.74) is 3.48. The van der Waals surface area contributed by atoms with Gasteiger partial charge in [0.05, 0.1) is 18.8 Å². The van der Waals surface area contributed by atoms with Crippen LogP contribution in [0.5, 0.6) is 0 Å². The third kappa shape index (κ3) is 5.39. The van der Waals surface area contributed by atoms with E-state index in [1.165, 1.54) is 17.0 Å². The van der Waals surface area contributed by atoms with E-state index in [9.17, 15) is 18.0 Å². The van der Waals surface area contributed by atoms with E-state index in [1.807, 2.05) is 26.0 Å². The molecular formula is C26H24F3N3O2. The van der Waals surface area contributed by atoms with E-state index in [0.717, 1.165) is 23.3 Å². The van der Waals surface area contributed by atoms with Crippen molar-refractivity contribution in [3.63, 3.8) is 0 Å². The summed E-state index contributed by atoms with van der Waals surface area (Å²) in [5.74, 6) is -1.86. The van der Waals surface area contributed by atoms with E-state index in [-0.39, 0.29) is 25.1 Å². The first-order valence-electron chi connectivity index (χ1n) is 10.8. The molecule has 1 heterocycles. The summed E-state index contributed by atoms with van der Waals surface area (Å²) in [6.07, 6.45) is -0.275. The maximum absolute atomic E-state index is 14.4. The van der Waals surface area contributed by atoms with Gasteiger partial charge in [-0.1, -0.05) is 47.1 Å². The second-order valence-corrected chi connectivity index (χ2v) is 8.31. The van der Waals surface area contributed by atoms with Crippen molar-refractivity contribution in [1.82, 2.24) is 4.90 Å². The van der Waals surface area contributed by atoms with E-state index in [0.29, 0.717) is 17.0 Å². The highest BCUT2D eigenvalue weighted by molar-refractivity contribution is 6.01. The third-order valence-corrected chi connectivity index (χ3v) is 5.63. The highest BCUT2D eigenvalue weighted by atomic mass is 19.1. The number of anilines is 1. The number of halogens is 3. The SMILES string of the molecule is Cc1ccc(NC(=O)N(Cc2ccc(F)cc2F)CC2CC(c3ccccc3F)=NO2)c(C)c1. The lowest BCUT2D eigenvalue weighted by Gasteiger charge is -2.26. The van der Waals surface area contributed by atoms with Crippen molar-refractivity contribution in [2.45, 2.75) is 32.9 Å². The van der Waals surface area contributed by atoms with E-state index in [1.54, 1.807) is 24.3 Å². The molecule has 5 nitrogen and oxygen atoms in total. The number of oxime groups is 1. The molecule has 3 aromatic carbocycles. The van der Waals surface area contributed by atoms with Crippen molar-refractivity contribution in [3.8, 4) is 0 Å². The van der Waals surface area contributed by atoms with Crippen LogP contribution in [-0.2, 0) is 11.4 Å². The van der Waals surface area contributed by atoms with E-state index in [4.69, 9.17) is 4.84 Å². The maximum atomic E-state index is 14.4. The summed E-state index contributed by atoms with van der Waals surface area (Å²) in [5, 5.41) is 6.85.